The first-order valence-corrected chi connectivity index (χ1v) is 14.9. The minimum Gasteiger partial charge on any atom is -0.462 e. The van der Waals surface area contributed by atoms with Crippen LogP contribution in [-0.4, -0.2) is 63.4 Å². The summed E-state index contributed by atoms with van der Waals surface area (Å²) in [6.45, 7) is 2.41. The highest BCUT2D eigenvalue weighted by atomic mass is 35.5. The monoisotopic (exact) mass is 666 g/mol. The van der Waals surface area contributed by atoms with E-state index in [0.717, 1.165) is 0 Å². The number of benzene rings is 2. The van der Waals surface area contributed by atoms with E-state index in [-0.39, 0.29) is 10.3 Å². The SMILES string of the molecule is CC(C)OC(=O)C(C)NP(=O)(OCC1(C(F)F)OC(n2cc(Cl)c(N)nc2=O)C(O)C1(F)F)Oc1cccc2ccccc12. The lowest BCUT2D eigenvalue weighted by Gasteiger charge is -2.34. The first kappa shape index (κ1) is 33.6. The van der Waals surface area contributed by atoms with Crippen LogP contribution in [0.1, 0.15) is 27.0 Å². The van der Waals surface area contributed by atoms with E-state index >= 15 is 8.78 Å². The Kier molecular flexibility index (Phi) is 9.64. The third kappa shape index (κ3) is 6.41. The van der Waals surface area contributed by atoms with E-state index in [1.54, 1.807) is 30.3 Å². The highest BCUT2D eigenvalue weighted by molar-refractivity contribution is 7.52. The topological polar surface area (TPSA) is 164 Å². The lowest BCUT2D eigenvalue weighted by atomic mass is 9.95. The molecule has 0 radical (unpaired) electrons. The van der Waals surface area contributed by atoms with Crippen LogP contribution in [0.5, 0.6) is 5.75 Å². The number of nitrogen functional groups attached to an aromatic ring is 1. The average molecular weight is 667 g/mol. The smallest absolute Gasteiger partial charge is 0.459 e. The maximum absolute atomic E-state index is 15.5. The molecule has 2 heterocycles. The van der Waals surface area contributed by atoms with E-state index in [4.69, 9.17) is 35.9 Å². The van der Waals surface area contributed by atoms with Gasteiger partial charge in [0.05, 0.1) is 17.7 Å². The second kappa shape index (κ2) is 12.6. The summed E-state index contributed by atoms with van der Waals surface area (Å²) >= 11 is 5.82. The van der Waals surface area contributed by atoms with Crippen molar-refractivity contribution in [3.8, 4) is 5.75 Å². The molecule has 18 heteroatoms. The summed E-state index contributed by atoms with van der Waals surface area (Å²) in [5.41, 5.74) is 0.0859. The van der Waals surface area contributed by atoms with Crippen molar-refractivity contribution in [1.82, 2.24) is 14.6 Å². The van der Waals surface area contributed by atoms with Crippen LogP contribution in [-0.2, 0) is 23.4 Å². The first-order valence-electron chi connectivity index (χ1n) is 13.0. The fraction of sp³-hybridized carbons (Fsp3) is 0.423. The van der Waals surface area contributed by atoms with Gasteiger partial charge in [0.15, 0.2) is 12.3 Å². The molecule has 5 atom stereocenters. The maximum Gasteiger partial charge on any atom is 0.459 e. The number of nitrogens with one attached hydrogen (secondary N) is 1. The number of hydrogen-bond acceptors (Lipinski definition) is 10. The lowest BCUT2D eigenvalue weighted by Crippen LogP contribution is -2.57. The summed E-state index contributed by atoms with van der Waals surface area (Å²) in [6, 6.07) is 9.68. The molecule has 0 spiro atoms. The van der Waals surface area contributed by atoms with Gasteiger partial charge in [-0.15, -0.1) is 0 Å². The van der Waals surface area contributed by atoms with Crippen molar-refractivity contribution < 1.29 is 50.5 Å². The Bertz CT molecular complexity index is 1640. The molecule has 0 bridgehead atoms. The number of alkyl halides is 4. The third-order valence-corrected chi connectivity index (χ3v) is 8.47. The Morgan fingerprint density at radius 1 is 1.23 bits per heavy atom. The van der Waals surface area contributed by atoms with E-state index < -0.39 is 79.3 Å². The summed E-state index contributed by atoms with van der Waals surface area (Å²) in [5, 5.41) is 13.2. The van der Waals surface area contributed by atoms with Crippen molar-refractivity contribution in [1.29, 1.82) is 0 Å². The minimum atomic E-state index is -5.02. The van der Waals surface area contributed by atoms with Crippen LogP contribution in [0.15, 0.2) is 53.5 Å². The Labute approximate surface area is 252 Å². The predicted octanol–water partition coefficient (Wildman–Crippen LogP) is 4.29. The van der Waals surface area contributed by atoms with Gasteiger partial charge < -0.3 is 24.8 Å². The fourth-order valence-corrected chi connectivity index (χ4v) is 6.01. The Morgan fingerprint density at radius 2 is 1.89 bits per heavy atom. The van der Waals surface area contributed by atoms with Gasteiger partial charge in [0.1, 0.15) is 17.6 Å². The second-order valence-electron chi connectivity index (χ2n) is 10.1. The molecule has 44 heavy (non-hydrogen) atoms. The van der Waals surface area contributed by atoms with Crippen molar-refractivity contribution >= 4 is 41.9 Å². The van der Waals surface area contributed by atoms with Gasteiger partial charge in [-0.2, -0.15) is 18.9 Å². The number of halogens is 5. The number of carbonyl (C=O) groups is 1. The van der Waals surface area contributed by atoms with E-state index in [9.17, 15) is 28.0 Å². The zero-order chi connectivity index (χ0) is 32.6. The van der Waals surface area contributed by atoms with E-state index in [1.165, 1.54) is 32.9 Å². The number of anilines is 1. The largest absolute Gasteiger partial charge is 0.462 e. The zero-order valence-corrected chi connectivity index (χ0v) is 25.0. The van der Waals surface area contributed by atoms with Gasteiger partial charge in [0, 0.05) is 11.6 Å². The minimum absolute atomic E-state index is 0.111. The van der Waals surface area contributed by atoms with Crippen molar-refractivity contribution in [2.45, 2.75) is 63.2 Å². The number of aliphatic hydroxyl groups excluding tert-OH is 1. The highest BCUT2D eigenvalue weighted by Gasteiger charge is 2.74. The molecule has 240 valence electrons. The van der Waals surface area contributed by atoms with Gasteiger partial charge in [-0.3, -0.25) is 13.9 Å². The summed E-state index contributed by atoms with van der Waals surface area (Å²) in [4.78, 5) is 28.1. The number of esters is 1. The number of hydrogen-bond donors (Lipinski definition) is 3. The van der Waals surface area contributed by atoms with Gasteiger partial charge in [-0.25, -0.2) is 18.1 Å². The average Bonchev–Trinajstić information content (AvgIpc) is 3.15. The van der Waals surface area contributed by atoms with Crippen LogP contribution < -0.4 is 21.0 Å². The molecule has 4 rings (SSSR count). The number of aliphatic hydroxyl groups is 1. The fourth-order valence-electron chi connectivity index (χ4n) is 4.33. The number of fused-ring (bicyclic) bond motifs is 1. The molecule has 0 amide bonds. The highest BCUT2D eigenvalue weighted by Crippen LogP contribution is 2.55. The van der Waals surface area contributed by atoms with Crippen LogP contribution in [0, 0.1) is 0 Å². The normalized spacial score (nSPS) is 23.5. The van der Waals surface area contributed by atoms with Crippen molar-refractivity contribution in [2.75, 3.05) is 12.3 Å². The Balaban J connectivity index is 1.72. The van der Waals surface area contributed by atoms with Gasteiger partial charge in [-0.05, 0) is 32.2 Å². The van der Waals surface area contributed by atoms with Crippen molar-refractivity contribution in [2.24, 2.45) is 0 Å². The summed E-state index contributed by atoms with van der Waals surface area (Å²) in [5.74, 6) is -6.37. The summed E-state index contributed by atoms with van der Waals surface area (Å²) in [6.07, 6.45) is -9.54. The molecule has 1 aromatic heterocycles. The van der Waals surface area contributed by atoms with Crippen LogP contribution in [0.4, 0.5) is 23.4 Å². The Morgan fingerprint density at radius 3 is 2.55 bits per heavy atom. The van der Waals surface area contributed by atoms with Crippen LogP contribution in [0.25, 0.3) is 10.8 Å². The van der Waals surface area contributed by atoms with Gasteiger partial charge in [0.2, 0.25) is 5.60 Å². The van der Waals surface area contributed by atoms with E-state index in [0.29, 0.717) is 17.0 Å². The molecule has 0 saturated carbocycles. The molecule has 5 unspecified atom stereocenters. The number of ether oxygens (including phenoxy) is 2. The van der Waals surface area contributed by atoms with Crippen molar-refractivity contribution in [3.63, 3.8) is 0 Å². The number of aromatic nitrogens is 2. The van der Waals surface area contributed by atoms with E-state index in [2.05, 4.69) is 10.1 Å². The molecule has 12 nitrogen and oxygen atoms in total. The van der Waals surface area contributed by atoms with Gasteiger partial charge >= 0.3 is 25.3 Å². The molecule has 1 aliphatic rings. The van der Waals surface area contributed by atoms with Crippen LogP contribution in [0.2, 0.25) is 5.02 Å². The lowest BCUT2D eigenvalue weighted by molar-refractivity contribution is -0.242. The molecule has 3 aromatic rings. The molecule has 1 aliphatic heterocycles. The standard InChI is InChI=1S/C26H28ClF4N4O8P/c1-13(2)41-22(37)14(3)34-44(39,43-18-10-6-8-15-7-4-5-9-16(15)18)40-12-25(23(28)29)26(30,31)19(36)21(42-25)35-11-17(27)20(32)33-24(35)38/h4-11,13-14,19,21,23,36H,12H2,1-3H3,(H,34,39)(H2,32,33,38). The van der Waals surface area contributed by atoms with Gasteiger partial charge in [-0.1, -0.05) is 48.0 Å². The molecule has 4 N–H and O–H groups in total. The van der Waals surface area contributed by atoms with Gasteiger partial charge in [0.25, 0.3) is 6.43 Å². The van der Waals surface area contributed by atoms with E-state index in [1.807, 2.05) is 0 Å². The molecule has 1 fully saturated rings. The maximum atomic E-state index is 15.5. The van der Waals surface area contributed by atoms with Crippen LogP contribution >= 0.6 is 19.3 Å². The molecule has 0 aliphatic carbocycles. The number of carbonyl (C=O) groups excluding carboxylic acids is 1. The molecular formula is C26H28ClF4N4O8P. The van der Waals surface area contributed by atoms with Crippen LogP contribution in [0.3, 0.4) is 0 Å². The number of nitrogens with zero attached hydrogens (tertiary/aromatic N) is 2. The molecular weight excluding hydrogens is 639 g/mol. The first-order chi connectivity index (χ1) is 20.5. The zero-order valence-electron chi connectivity index (χ0n) is 23.3. The molecule has 2 aromatic carbocycles. The number of nitrogens with two attached hydrogens (primary N) is 1. The Hall–Kier alpha value is -3.27. The summed E-state index contributed by atoms with van der Waals surface area (Å²) in [7, 11) is -5.02. The third-order valence-electron chi connectivity index (χ3n) is 6.57. The molecule has 1 saturated heterocycles. The summed E-state index contributed by atoms with van der Waals surface area (Å²) < 4.78 is 95.4. The van der Waals surface area contributed by atoms with Crippen molar-refractivity contribution in [3.05, 3.63) is 64.2 Å². The number of rotatable bonds is 11. The second-order valence-corrected chi connectivity index (χ2v) is 12.2. The quantitative estimate of drug-likeness (QED) is 0.152. The predicted molar refractivity (Wildman–Crippen MR) is 150 cm³/mol.